The molecule has 0 aliphatic heterocycles. The summed E-state index contributed by atoms with van der Waals surface area (Å²) in [7, 11) is 0. The maximum Gasteiger partial charge on any atom is 0.272 e. The quantitative estimate of drug-likeness (QED) is 0.586. The first-order chi connectivity index (χ1) is 7.00. The van der Waals surface area contributed by atoms with Gasteiger partial charge in [-0.2, -0.15) is 0 Å². The smallest absolute Gasteiger partial charge is 0.272 e. The van der Waals surface area contributed by atoms with Crippen molar-refractivity contribution in [1.29, 1.82) is 0 Å². The zero-order chi connectivity index (χ0) is 11.4. The lowest BCUT2D eigenvalue weighted by atomic mass is 10.1. The zero-order valence-electron chi connectivity index (χ0n) is 8.52. The van der Waals surface area contributed by atoms with Crippen molar-refractivity contribution < 1.29 is 9.72 Å². The van der Waals surface area contributed by atoms with E-state index in [1.165, 1.54) is 13.0 Å². The van der Waals surface area contributed by atoms with Gasteiger partial charge in [-0.15, -0.1) is 0 Å². The van der Waals surface area contributed by atoms with Crippen LogP contribution in [0.3, 0.4) is 0 Å². The number of carbonyl (C=O) groups excluding carboxylic acids is 1. The van der Waals surface area contributed by atoms with Crippen LogP contribution in [0, 0.1) is 17.0 Å². The fraction of sp³-hybridized carbons (Fsp3) is 0.300. The van der Waals surface area contributed by atoms with Gasteiger partial charge in [0.1, 0.15) is 0 Å². The second kappa shape index (κ2) is 4.93. The van der Waals surface area contributed by atoms with Gasteiger partial charge in [-0.3, -0.25) is 14.9 Å². The minimum Gasteiger partial charge on any atom is -0.288 e. The molecule has 1 aromatic carbocycles. The van der Waals surface area contributed by atoms with Crippen LogP contribution >= 0.6 is 11.8 Å². The van der Waals surface area contributed by atoms with E-state index >= 15 is 0 Å². The highest BCUT2D eigenvalue weighted by atomic mass is 32.2. The lowest BCUT2D eigenvalue weighted by Crippen LogP contribution is -1.94. The van der Waals surface area contributed by atoms with Crippen LogP contribution in [0.25, 0.3) is 0 Å². The highest BCUT2D eigenvalue weighted by Crippen LogP contribution is 2.22. The van der Waals surface area contributed by atoms with Gasteiger partial charge in [0.2, 0.25) is 0 Å². The van der Waals surface area contributed by atoms with Crippen LogP contribution in [-0.2, 0) is 10.5 Å². The van der Waals surface area contributed by atoms with Gasteiger partial charge in [0, 0.05) is 24.3 Å². The monoisotopic (exact) mass is 225 g/mol. The summed E-state index contributed by atoms with van der Waals surface area (Å²) in [5.41, 5.74) is 1.54. The number of hydrogen-bond donors (Lipinski definition) is 0. The summed E-state index contributed by atoms with van der Waals surface area (Å²) in [5.74, 6) is 0.483. The molecule has 0 aliphatic rings. The first kappa shape index (κ1) is 11.7. The third-order valence-electron chi connectivity index (χ3n) is 1.91. The summed E-state index contributed by atoms with van der Waals surface area (Å²) in [6, 6.07) is 5.03. The van der Waals surface area contributed by atoms with Gasteiger partial charge < -0.3 is 0 Å². The maximum atomic E-state index is 10.7. The Morgan fingerprint density at radius 2 is 2.20 bits per heavy atom. The van der Waals surface area contributed by atoms with Crippen molar-refractivity contribution in [3.63, 3.8) is 0 Å². The molecule has 0 N–H and O–H groups in total. The van der Waals surface area contributed by atoms with E-state index in [1.54, 1.807) is 19.1 Å². The first-order valence-corrected chi connectivity index (χ1v) is 5.36. The first-order valence-electron chi connectivity index (χ1n) is 4.38. The Hall–Kier alpha value is -1.36. The Bertz CT molecular complexity index is 404. The van der Waals surface area contributed by atoms with Gasteiger partial charge in [-0.1, -0.05) is 23.9 Å². The summed E-state index contributed by atoms with van der Waals surface area (Å²) in [4.78, 5) is 21.0. The molecule has 0 radical (unpaired) electrons. The summed E-state index contributed by atoms with van der Waals surface area (Å²) >= 11 is 1.15. The van der Waals surface area contributed by atoms with Crippen LogP contribution in [0.1, 0.15) is 18.1 Å². The predicted molar refractivity (Wildman–Crippen MR) is 59.8 cm³/mol. The summed E-state index contributed by atoms with van der Waals surface area (Å²) in [5, 5.41) is 10.7. The molecule has 0 unspecified atom stereocenters. The van der Waals surface area contributed by atoms with E-state index in [0.29, 0.717) is 11.3 Å². The zero-order valence-corrected chi connectivity index (χ0v) is 9.34. The van der Waals surface area contributed by atoms with Gasteiger partial charge in [-0.05, 0) is 12.5 Å². The lowest BCUT2D eigenvalue weighted by molar-refractivity contribution is -0.385. The van der Waals surface area contributed by atoms with Gasteiger partial charge >= 0.3 is 0 Å². The van der Waals surface area contributed by atoms with E-state index < -0.39 is 4.92 Å². The van der Waals surface area contributed by atoms with Gasteiger partial charge in [0.25, 0.3) is 5.69 Å². The number of nitrogens with zero attached hydrogens (tertiary/aromatic N) is 1. The summed E-state index contributed by atoms with van der Waals surface area (Å²) in [6.45, 7) is 3.17. The average Bonchev–Trinajstić information content (AvgIpc) is 2.16. The Morgan fingerprint density at radius 3 is 2.73 bits per heavy atom. The molecular weight excluding hydrogens is 214 g/mol. The molecule has 0 fully saturated rings. The Labute approximate surface area is 91.8 Å². The molecule has 0 heterocycles. The van der Waals surface area contributed by atoms with Crippen LogP contribution in [0.5, 0.6) is 0 Å². The minimum absolute atomic E-state index is 0.0122. The van der Waals surface area contributed by atoms with Crippen molar-refractivity contribution in [3.8, 4) is 0 Å². The lowest BCUT2D eigenvalue weighted by Gasteiger charge is -2.01. The van der Waals surface area contributed by atoms with Crippen molar-refractivity contribution in [3.05, 3.63) is 39.4 Å². The number of nitro benzene ring substituents is 1. The topological polar surface area (TPSA) is 60.2 Å². The number of benzene rings is 1. The molecule has 1 rings (SSSR count). The van der Waals surface area contributed by atoms with Gasteiger partial charge in [0.15, 0.2) is 5.12 Å². The predicted octanol–water partition coefficient (Wildman–Crippen LogP) is 2.68. The molecule has 80 valence electrons. The molecule has 0 aliphatic carbocycles. The summed E-state index contributed by atoms with van der Waals surface area (Å²) < 4.78 is 0. The van der Waals surface area contributed by atoms with Crippen LogP contribution in [0.4, 0.5) is 5.69 Å². The Balaban J connectivity index is 2.87. The van der Waals surface area contributed by atoms with E-state index in [4.69, 9.17) is 0 Å². The van der Waals surface area contributed by atoms with Gasteiger partial charge in [-0.25, -0.2) is 0 Å². The molecule has 0 saturated heterocycles. The molecule has 0 aromatic heterocycles. The molecule has 0 atom stereocenters. The molecule has 0 bridgehead atoms. The summed E-state index contributed by atoms with van der Waals surface area (Å²) in [6.07, 6.45) is 0. The van der Waals surface area contributed by atoms with Crippen LogP contribution in [-0.4, -0.2) is 10.0 Å². The number of nitro groups is 1. The average molecular weight is 225 g/mol. The Kier molecular flexibility index (Phi) is 3.85. The molecule has 4 nitrogen and oxygen atoms in total. The van der Waals surface area contributed by atoms with E-state index in [-0.39, 0.29) is 10.8 Å². The third kappa shape index (κ3) is 3.36. The molecular formula is C10H11NO3S. The molecule has 15 heavy (non-hydrogen) atoms. The van der Waals surface area contributed by atoms with E-state index in [2.05, 4.69) is 0 Å². The van der Waals surface area contributed by atoms with Crippen LogP contribution in [0.2, 0.25) is 0 Å². The van der Waals surface area contributed by atoms with Crippen molar-refractivity contribution in [2.24, 2.45) is 0 Å². The fourth-order valence-electron chi connectivity index (χ4n) is 1.13. The van der Waals surface area contributed by atoms with Crippen LogP contribution in [0.15, 0.2) is 18.2 Å². The molecule has 5 heteroatoms. The highest BCUT2D eigenvalue weighted by Gasteiger charge is 2.10. The SMILES string of the molecule is CC(=O)SCc1ccc(C)c([N+](=O)[O-])c1. The molecule has 1 aromatic rings. The number of carbonyl (C=O) groups is 1. The maximum absolute atomic E-state index is 10.7. The van der Waals surface area contributed by atoms with Crippen molar-refractivity contribution >= 4 is 22.6 Å². The highest BCUT2D eigenvalue weighted by molar-refractivity contribution is 8.12. The fourth-order valence-corrected chi connectivity index (χ4v) is 1.68. The number of rotatable bonds is 3. The largest absolute Gasteiger partial charge is 0.288 e. The molecule has 0 spiro atoms. The van der Waals surface area contributed by atoms with E-state index in [9.17, 15) is 14.9 Å². The standard InChI is InChI=1S/C10H11NO3S/c1-7-3-4-9(6-15-8(2)12)5-10(7)11(13)14/h3-5H,6H2,1-2H3. The second-order valence-corrected chi connectivity index (χ2v) is 4.31. The molecule has 0 saturated carbocycles. The normalized spacial score (nSPS) is 10.0. The van der Waals surface area contributed by atoms with Gasteiger partial charge in [0.05, 0.1) is 4.92 Å². The number of aryl methyl sites for hydroxylation is 1. The van der Waals surface area contributed by atoms with Crippen molar-refractivity contribution in [2.75, 3.05) is 0 Å². The second-order valence-electron chi connectivity index (χ2n) is 3.16. The molecule has 0 amide bonds. The number of thioether (sulfide) groups is 1. The Morgan fingerprint density at radius 1 is 1.53 bits per heavy atom. The number of hydrogen-bond acceptors (Lipinski definition) is 4. The minimum atomic E-state index is -0.405. The third-order valence-corrected chi connectivity index (χ3v) is 2.80. The van der Waals surface area contributed by atoms with Crippen molar-refractivity contribution in [2.45, 2.75) is 19.6 Å². The van der Waals surface area contributed by atoms with Crippen LogP contribution < -0.4 is 0 Å². The van der Waals surface area contributed by atoms with E-state index in [1.807, 2.05) is 0 Å². The van der Waals surface area contributed by atoms with E-state index in [0.717, 1.165) is 17.3 Å². The van der Waals surface area contributed by atoms with Crippen molar-refractivity contribution in [1.82, 2.24) is 0 Å².